The van der Waals surface area contributed by atoms with Crippen LogP contribution in [0.4, 0.5) is 5.13 Å². The highest BCUT2D eigenvalue weighted by Gasteiger charge is 2.48. The standard InChI is InChI=1S/C27H22N2O5S/c1-15-7-12-20-21(13-15)35-27(28-20)29-23(16-8-10-18(33-2)11-9-16)22(25(31)26(29)32)24(30)17-5-4-6-19(14-17)34-3/h4-14,23,30H,1-3H3/b24-22+/t23-/m0/s1. The molecule has 3 aromatic carbocycles. The van der Waals surface area contributed by atoms with E-state index in [4.69, 9.17) is 9.47 Å². The molecule has 7 nitrogen and oxygen atoms in total. The molecule has 1 atom stereocenters. The number of ether oxygens (including phenoxy) is 2. The van der Waals surface area contributed by atoms with Crippen molar-refractivity contribution in [2.24, 2.45) is 0 Å². The number of carbonyl (C=O) groups excluding carboxylic acids is 2. The van der Waals surface area contributed by atoms with Crippen molar-refractivity contribution in [3.63, 3.8) is 0 Å². The molecular weight excluding hydrogens is 464 g/mol. The number of thiazole rings is 1. The second-order valence-corrected chi connectivity index (χ2v) is 9.15. The first-order valence-electron chi connectivity index (χ1n) is 10.9. The molecule has 8 heteroatoms. The highest BCUT2D eigenvalue weighted by Crippen LogP contribution is 2.44. The number of nitrogens with zero attached hydrogens (tertiary/aromatic N) is 2. The van der Waals surface area contributed by atoms with Crippen LogP contribution in [0.15, 0.2) is 72.3 Å². The summed E-state index contributed by atoms with van der Waals surface area (Å²) in [6.45, 7) is 1.98. The molecular formula is C27H22N2O5S. The molecule has 0 unspecified atom stereocenters. The Morgan fingerprint density at radius 1 is 0.971 bits per heavy atom. The highest BCUT2D eigenvalue weighted by molar-refractivity contribution is 7.22. The molecule has 35 heavy (non-hydrogen) atoms. The third kappa shape index (κ3) is 3.91. The average Bonchev–Trinajstić information content (AvgIpc) is 3.41. The summed E-state index contributed by atoms with van der Waals surface area (Å²) in [5.74, 6) is -0.644. The van der Waals surface area contributed by atoms with Crippen molar-refractivity contribution < 1.29 is 24.2 Å². The number of methoxy groups -OCH3 is 2. The molecule has 0 radical (unpaired) electrons. The number of hydrogen-bond donors (Lipinski definition) is 1. The van der Waals surface area contributed by atoms with Crippen LogP contribution in [0, 0.1) is 6.92 Å². The van der Waals surface area contributed by atoms with Gasteiger partial charge in [0.1, 0.15) is 17.3 Å². The summed E-state index contributed by atoms with van der Waals surface area (Å²) in [6, 6.07) is 18.7. The number of aromatic nitrogens is 1. The molecule has 5 rings (SSSR count). The van der Waals surface area contributed by atoms with Gasteiger partial charge in [0.15, 0.2) is 5.13 Å². The number of ketones is 1. The van der Waals surface area contributed by atoms with E-state index in [9.17, 15) is 14.7 Å². The van der Waals surface area contributed by atoms with Gasteiger partial charge in [-0.3, -0.25) is 14.5 Å². The van der Waals surface area contributed by atoms with E-state index in [2.05, 4.69) is 4.98 Å². The minimum absolute atomic E-state index is 0.0103. The van der Waals surface area contributed by atoms with Crippen molar-refractivity contribution >= 4 is 44.1 Å². The van der Waals surface area contributed by atoms with Crippen molar-refractivity contribution in [3.8, 4) is 11.5 Å². The summed E-state index contributed by atoms with van der Waals surface area (Å²) in [6.07, 6.45) is 0. The lowest BCUT2D eigenvalue weighted by molar-refractivity contribution is -0.132. The number of carbonyl (C=O) groups is 2. The lowest BCUT2D eigenvalue weighted by atomic mass is 9.95. The van der Waals surface area contributed by atoms with Crippen molar-refractivity contribution in [3.05, 3.63) is 89.0 Å². The molecule has 1 amide bonds. The molecule has 1 aliphatic rings. The summed E-state index contributed by atoms with van der Waals surface area (Å²) >= 11 is 1.33. The van der Waals surface area contributed by atoms with Crippen LogP contribution in [0.25, 0.3) is 16.0 Å². The Morgan fingerprint density at radius 2 is 1.71 bits per heavy atom. The van der Waals surface area contributed by atoms with Gasteiger partial charge in [0, 0.05) is 5.56 Å². The number of anilines is 1. The van der Waals surface area contributed by atoms with Gasteiger partial charge in [0.05, 0.1) is 36.1 Å². The van der Waals surface area contributed by atoms with Gasteiger partial charge in [-0.05, 0) is 54.4 Å². The summed E-state index contributed by atoms with van der Waals surface area (Å²) in [5, 5.41) is 11.7. The third-order valence-corrected chi connectivity index (χ3v) is 6.98. The Kier molecular flexibility index (Phi) is 5.74. The smallest absolute Gasteiger partial charge is 0.301 e. The maximum Gasteiger partial charge on any atom is 0.301 e. The third-order valence-electron chi connectivity index (χ3n) is 5.96. The first-order valence-corrected chi connectivity index (χ1v) is 11.7. The number of aliphatic hydroxyl groups excluding tert-OH is 1. The fraction of sp³-hybridized carbons (Fsp3) is 0.148. The molecule has 0 spiro atoms. The van der Waals surface area contributed by atoms with Crippen LogP contribution < -0.4 is 14.4 Å². The van der Waals surface area contributed by atoms with E-state index >= 15 is 0 Å². The second kappa shape index (κ2) is 8.88. The van der Waals surface area contributed by atoms with E-state index in [0.29, 0.717) is 27.8 Å². The summed E-state index contributed by atoms with van der Waals surface area (Å²) in [5.41, 5.74) is 2.81. The van der Waals surface area contributed by atoms with Crippen molar-refractivity contribution in [1.82, 2.24) is 4.98 Å². The first-order chi connectivity index (χ1) is 16.9. The van der Waals surface area contributed by atoms with Gasteiger partial charge in [-0.2, -0.15) is 0 Å². The zero-order valence-electron chi connectivity index (χ0n) is 19.3. The van der Waals surface area contributed by atoms with Crippen LogP contribution in [0.3, 0.4) is 0 Å². The zero-order chi connectivity index (χ0) is 24.7. The van der Waals surface area contributed by atoms with E-state index < -0.39 is 17.7 Å². The van der Waals surface area contributed by atoms with Crippen LogP contribution in [-0.2, 0) is 9.59 Å². The van der Waals surface area contributed by atoms with Gasteiger partial charge in [-0.25, -0.2) is 4.98 Å². The Hall–Kier alpha value is -4.17. The maximum atomic E-state index is 13.4. The molecule has 0 bridgehead atoms. The van der Waals surface area contributed by atoms with Gasteiger partial charge in [0.2, 0.25) is 0 Å². The molecule has 1 fully saturated rings. The second-order valence-electron chi connectivity index (χ2n) is 8.14. The molecule has 0 saturated carbocycles. The van der Waals surface area contributed by atoms with Crippen molar-refractivity contribution in [2.75, 3.05) is 19.1 Å². The van der Waals surface area contributed by atoms with Crippen LogP contribution in [0.5, 0.6) is 11.5 Å². The lowest BCUT2D eigenvalue weighted by Crippen LogP contribution is -2.29. The molecule has 1 aromatic heterocycles. The van der Waals surface area contributed by atoms with Gasteiger partial charge < -0.3 is 14.6 Å². The monoisotopic (exact) mass is 486 g/mol. The van der Waals surface area contributed by atoms with Crippen LogP contribution >= 0.6 is 11.3 Å². The summed E-state index contributed by atoms with van der Waals surface area (Å²) in [7, 11) is 3.08. The Bertz CT molecular complexity index is 1490. The van der Waals surface area contributed by atoms with E-state index in [-0.39, 0.29) is 11.3 Å². The van der Waals surface area contributed by atoms with Crippen LogP contribution in [-0.4, -0.2) is 36.0 Å². The number of aryl methyl sites for hydroxylation is 1. The van der Waals surface area contributed by atoms with E-state index in [1.54, 1.807) is 55.6 Å². The summed E-state index contributed by atoms with van der Waals surface area (Å²) < 4.78 is 11.4. The lowest BCUT2D eigenvalue weighted by Gasteiger charge is -2.23. The Balaban J connectivity index is 1.72. The zero-order valence-corrected chi connectivity index (χ0v) is 20.1. The van der Waals surface area contributed by atoms with Gasteiger partial charge in [-0.15, -0.1) is 0 Å². The fourth-order valence-corrected chi connectivity index (χ4v) is 5.27. The molecule has 176 valence electrons. The highest BCUT2D eigenvalue weighted by atomic mass is 32.1. The normalized spacial score (nSPS) is 17.2. The van der Waals surface area contributed by atoms with Crippen LogP contribution in [0.2, 0.25) is 0 Å². The SMILES string of the molecule is COc1ccc([C@H]2/C(=C(\O)c3cccc(OC)c3)C(=O)C(=O)N2c2nc3ccc(C)cc3s2)cc1. The van der Waals surface area contributed by atoms with Gasteiger partial charge >= 0.3 is 5.91 Å². The predicted octanol–water partition coefficient (Wildman–Crippen LogP) is 5.25. The Morgan fingerprint density at radius 3 is 2.43 bits per heavy atom. The number of rotatable bonds is 5. The molecule has 1 saturated heterocycles. The van der Waals surface area contributed by atoms with Gasteiger partial charge in [0.25, 0.3) is 5.78 Å². The number of fused-ring (bicyclic) bond motifs is 1. The minimum atomic E-state index is -0.867. The molecule has 4 aromatic rings. The maximum absolute atomic E-state index is 13.4. The average molecular weight is 487 g/mol. The van der Waals surface area contributed by atoms with E-state index in [1.165, 1.54) is 23.3 Å². The number of amides is 1. The molecule has 0 aliphatic carbocycles. The number of hydrogen-bond acceptors (Lipinski definition) is 7. The van der Waals surface area contributed by atoms with Crippen LogP contribution in [0.1, 0.15) is 22.7 Å². The Labute approximate surface area is 205 Å². The van der Waals surface area contributed by atoms with E-state index in [1.807, 2.05) is 25.1 Å². The van der Waals surface area contributed by atoms with Gasteiger partial charge in [-0.1, -0.05) is 41.7 Å². The predicted molar refractivity (Wildman–Crippen MR) is 135 cm³/mol. The number of aliphatic hydroxyl groups is 1. The van der Waals surface area contributed by atoms with Crippen molar-refractivity contribution in [1.29, 1.82) is 0 Å². The number of benzene rings is 3. The molecule has 1 aliphatic heterocycles. The summed E-state index contributed by atoms with van der Waals surface area (Å²) in [4.78, 5) is 32.7. The quantitative estimate of drug-likeness (QED) is 0.236. The van der Waals surface area contributed by atoms with Crippen molar-refractivity contribution in [2.45, 2.75) is 13.0 Å². The molecule has 2 heterocycles. The topological polar surface area (TPSA) is 89.0 Å². The fourth-order valence-electron chi connectivity index (χ4n) is 4.18. The number of Topliss-reactive ketones (excluding diaryl/α,β-unsaturated/α-hetero) is 1. The largest absolute Gasteiger partial charge is 0.507 e. The van der Waals surface area contributed by atoms with E-state index in [0.717, 1.165) is 15.8 Å². The minimum Gasteiger partial charge on any atom is -0.507 e. The first kappa shape index (κ1) is 22.6. The molecule has 1 N–H and O–H groups in total.